The number of ether oxygens (including phenoxy) is 1. The number of fused-ring (bicyclic) bond motifs is 3. The van der Waals surface area contributed by atoms with E-state index >= 15 is 0 Å². The second-order valence-electron chi connectivity index (χ2n) is 25.6. The molecule has 3 amide bonds. The summed E-state index contributed by atoms with van der Waals surface area (Å²) in [5, 5.41) is 26.9. The molecule has 3 aromatic carbocycles. The van der Waals surface area contributed by atoms with Crippen LogP contribution in [0, 0.1) is 0 Å². The lowest BCUT2D eigenvalue weighted by Gasteiger charge is -2.30. The standard InChI is InChI=1S/C61H86N7O27P5S4/c1-7-66-47-26-24-41(103(86,87)88)34-43(47)59(2,3)52(66)21-10-8-11-22-53-60(4,5)44-35-42(104(89,90)91)25-27-48(44)67(53)32-15-9-12-23-55(71)65-46(58(72)64-30-14-13-29-61(73,96(6,74)75)97(76,77)78)39-102-101-33-28-54(70)63-31-17-18-40-37-68(49-20-16-19-45(62)57(40)49)56-36-50(69)51(93-56)38-92-99(82,83)95-100(84,85)94-98(79,80)81/h8,10-11,16-22,24-27,34-35,37,46,50-51,56,69,73H,7,9,12-15,23,28-33,36,38-39,62H2,1-6H3,(H11-,63,64,65,70,71,72,74,75,76,77,78,79,80,81,82,83,84,85,86,87,88,89,90,91)/p+1/t46?,50?,51-,56-,61?/m1/s1. The highest BCUT2D eigenvalue weighted by atomic mass is 33.1. The Hall–Kier alpha value is -5.01. The minimum Gasteiger partial charge on any atom is -0.398 e. The highest BCUT2D eigenvalue weighted by molar-refractivity contribution is 8.76. The number of aromatic nitrogens is 1. The van der Waals surface area contributed by atoms with E-state index in [0.29, 0.717) is 72.4 Å². The molecule has 0 saturated carbocycles. The highest BCUT2D eigenvalue weighted by Crippen LogP contribution is 2.70. The van der Waals surface area contributed by atoms with Crippen LogP contribution in [0.2, 0.25) is 0 Å². The Bertz CT molecular complexity index is 4510. The maximum atomic E-state index is 13.7. The van der Waals surface area contributed by atoms with Gasteiger partial charge in [0.2, 0.25) is 35.9 Å². The summed E-state index contributed by atoms with van der Waals surface area (Å²) in [6.45, 7) is 10.4. The third kappa shape index (κ3) is 22.1. The minimum absolute atomic E-state index is 0.00374. The van der Waals surface area contributed by atoms with Crippen LogP contribution in [0.15, 0.2) is 113 Å². The molecule has 34 nitrogen and oxygen atoms in total. The van der Waals surface area contributed by atoms with Crippen LogP contribution in [-0.2, 0) is 86.2 Å². The van der Waals surface area contributed by atoms with E-state index in [9.17, 15) is 97.8 Å². The van der Waals surface area contributed by atoms with Gasteiger partial charge in [-0.15, -0.1) is 0 Å². The zero-order valence-electron chi connectivity index (χ0n) is 57.2. The lowest BCUT2D eigenvalue weighted by Crippen LogP contribution is -2.48. The fourth-order valence-electron chi connectivity index (χ4n) is 12.2. The number of nitrogen functional groups attached to an aromatic ring is 1. The molecule has 0 radical (unpaired) electrons. The van der Waals surface area contributed by atoms with Gasteiger partial charge in [-0.25, -0.2) is 13.7 Å². The lowest BCUT2D eigenvalue weighted by molar-refractivity contribution is -0.438. The van der Waals surface area contributed by atoms with Gasteiger partial charge in [0.25, 0.3) is 20.2 Å². The minimum atomic E-state index is -5.80. The number of carbonyl (C=O) groups excluding carboxylic acids is 3. The Morgan fingerprint density at radius 3 is 2.12 bits per heavy atom. The van der Waals surface area contributed by atoms with Crippen LogP contribution in [0.25, 0.3) is 17.0 Å². The maximum absolute atomic E-state index is 13.7. The van der Waals surface area contributed by atoms with Gasteiger partial charge in [0, 0.05) is 121 Å². The average Bonchev–Trinajstić information content (AvgIpc) is 1.61. The predicted molar refractivity (Wildman–Crippen MR) is 390 cm³/mol. The van der Waals surface area contributed by atoms with Gasteiger partial charge in [-0.05, 0) is 107 Å². The molecule has 0 bridgehead atoms. The summed E-state index contributed by atoms with van der Waals surface area (Å²) in [6.07, 6.45) is 11.1. The maximum Gasteiger partial charge on any atom is 0.490 e. The molecule has 0 aliphatic carbocycles. The first-order valence-corrected chi connectivity index (χ1v) is 45.8. The van der Waals surface area contributed by atoms with Crippen molar-refractivity contribution in [1.29, 1.82) is 0 Å². The number of rotatable bonds is 38. The number of likely N-dealkylation sites (N-methyl/N-ethyl adjacent to an activating group) is 1. The number of aliphatic hydroxyl groups is 2. The van der Waals surface area contributed by atoms with E-state index in [-0.39, 0.29) is 72.4 Å². The number of benzene rings is 3. The van der Waals surface area contributed by atoms with Gasteiger partial charge in [-0.2, -0.15) is 30.0 Å². The molecule has 3 aliphatic heterocycles. The molecule has 8 atom stereocenters. The highest BCUT2D eigenvalue weighted by Gasteiger charge is 2.56. The number of nitrogens with two attached hydrogens (primary N) is 1. The molecule has 104 heavy (non-hydrogen) atoms. The van der Waals surface area contributed by atoms with Crippen molar-refractivity contribution in [3.05, 3.63) is 120 Å². The number of nitrogens with one attached hydrogen (secondary N) is 3. The molecule has 4 aromatic rings. The molecular weight excluding hydrogens is 1550 g/mol. The molecular formula is C61H87N7O27P5S4+. The Morgan fingerprint density at radius 2 is 1.48 bits per heavy atom. The molecule has 0 spiro atoms. The van der Waals surface area contributed by atoms with Gasteiger partial charge in [-0.3, -0.25) is 37.1 Å². The van der Waals surface area contributed by atoms with Crippen LogP contribution in [0.4, 0.5) is 17.1 Å². The van der Waals surface area contributed by atoms with Crippen LogP contribution >= 0.6 is 60.0 Å². The second-order valence-corrected chi connectivity index (χ2v) is 40.2. The number of carbonyl (C=O) groups is 3. The predicted octanol–water partition coefficient (Wildman–Crippen LogP) is 7.56. The van der Waals surface area contributed by atoms with E-state index in [1.165, 1.54) is 45.9 Å². The first kappa shape index (κ1) is 86.2. The first-order chi connectivity index (χ1) is 48.1. The molecule has 16 N–H and O–H groups in total. The number of allylic oxidation sites excluding steroid dienone is 6. The largest absolute Gasteiger partial charge is 0.490 e. The number of phosphoric ester groups is 1. The van der Waals surface area contributed by atoms with Gasteiger partial charge < -0.3 is 80.4 Å². The van der Waals surface area contributed by atoms with Crippen LogP contribution in [0.5, 0.6) is 0 Å². The topological polar surface area (TPSA) is 538 Å². The van der Waals surface area contributed by atoms with E-state index in [1.54, 1.807) is 53.2 Å². The molecule has 43 heteroatoms. The summed E-state index contributed by atoms with van der Waals surface area (Å²) < 4.78 is 150. The van der Waals surface area contributed by atoms with Crippen molar-refractivity contribution in [2.24, 2.45) is 0 Å². The summed E-state index contributed by atoms with van der Waals surface area (Å²) in [7, 11) is -33.8. The van der Waals surface area contributed by atoms with Crippen molar-refractivity contribution in [2.45, 2.75) is 143 Å². The first-order valence-electron chi connectivity index (χ1n) is 32.2. The van der Waals surface area contributed by atoms with Crippen molar-refractivity contribution >= 4 is 138 Å². The van der Waals surface area contributed by atoms with Gasteiger partial charge >= 0.3 is 31.1 Å². The number of hydrogen-bond acceptors (Lipinski definition) is 22. The Morgan fingerprint density at radius 1 is 0.808 bits per heavy atom. The van der Waals surface area contributed by atoms with Crippen molar-refractivity contribution in [1.82, 2.24) is 20.5 Å². The van der Waals surface area contributed by atoms with E-state index < -0.39 is 124 Å². The third-order valence-electron chi connectivity index (χ3n) is 17.4. The molecule has 1 fully saturated rings. The molecule has 576 valence electrons. The van der Waals surface area contributed by atoms with Crippen molar-refractivity contribution in [3.8, 4) is 0 Å². The molecule has 7 rings (SSSR count). The fourth-order valence-corrected chi connectivity index (χ4v) is 21.3. The summed E-state index contributed by atoms with van der Waals surface area (Å²) in [6, 6.07) is 12.7. The van der Waals surface area contributed by atoms with Gasteiger partial charge in [0.1, 0.15) is 24.9 Å². The number of nitrogens with zero attached hydrogens (tertiary/aromatic N) is 3. The smallest absolute Gasteiger partial charge is 0.398 e. The Kier molecular flexibility index (Phi) is 28.8. The summed E-state index contributed by atoms with van der Waals surface area (Å²) in [4.78, 5) is 108. The number of amides is 3. The number of hydrogen-bond donors (Lipinski definition) is 15. The zero-order valence-corrected chi connectivity index (χ0v) is 64.9. The van der Waals surface area contributed by atoms with Crippen LogP contribution < -0.4 is 26.6 Å². The van der Waals surface area contributed by atoms with E-state index in [4.69, 9.17) is 20.3 Å². The summed E-state index contributed by atoms with van der Waals surface area (Å²) >= 11 is 0. The second kappa shape index (κ2) is 34.7. The molecule has 3 aliphatic rings. The lowest BCUT2D eigenvalue weighted by atomic mass is 9.81. The quantitative estimate of drug-likeness (QED) is 0.00391. The average molecular weight is 1630 g/mol. The number of anilines is 2. The summed E-state index contributed by atoms with van der Waals surface area (Å²) in [5.41, 5.74) is 10.9. The molecule has 6 unspecified atom stereocenters. The Balaban J connectivity index is 0.947. The molecule has 1 aromatic heterocycles. The van der Waals surface area contributed by atoms with Crippen molar-refractivity contribution in [2.75, 3.05) is 61.6 Å². The van der Waals surface area contributed by atoms with Crippen molar-refractivity contribution in [3.63, 3.8) is 0 Å². The Labute approximate surface area is 608 Å². The van der Waals surface area contributed by atoms with Gasteiger partial charge in [0.05, 0.1) is 33.4 Å². The summed E-state index contributed by atoms with van der Waals surface area (Å²) in [5.74, 6) is -1.21. The number of phosphoric acid groups is 3. The van der Waals surface area contributed by atoms with Gasteiger partial charge in [-0.1, -0.05) is 71.9 Å². The zero-order chi connectivity index (χ0) is 77.4. The van der Waals surface area contributed by atoms with E-state index in [2.05, 4.69) is 34.0 Å². The van der Waals surface area contributed by atoms with Crippen LogP contribution in [0.3, 0.4) is 0 Å². The monoisotopic (exact) mass is 1630 g/mol. The van der Waals surface area contributed by atoms with Crippen LogP contribution in [-0.4, -0.2) is 177 Å². The van der Waals surface area contributed by atoms with Gasteiger partial charge in [0.15, 0.2) is 5.71 Å². The van der Waals surface area contributed by atoms with E-state index in [0.717, 1.165) is 22.7 Å². The fraction of sp³-hybridized carbons (Fsp3) is 0.475. The van der Waals surface area contributed by atoms with E-state index in [1.807, 2.05) is 69.6 Å². The number of aliphatic hydroxyl groups excluding tert-OH is 1. The third-order valence-corrected chi connectivity index (χ3v) is 29.9. The van der Waals surface area contributed by atoms with Crippen molar-refractivity contribution < 1.29 is 130 Å². The normalized spacial score (nSPS) is 20.8. The SMILES string of the molecule is CCN1/C(=C/C=C/C=C/C2=[N+](CCCCCC(=O)NC(CSSCCC(=O)NCC=Cc3cn([C@H]4CC(O)[C@@H](COP(=O)(O)OP(=O)(O)OP(=O)(O)O)O4)c4cccc(N)c34)C(=O)NCCCCC(O)(P(C)(=O)O)P(=O)(O)O)c3ccc(S(=O)(=O)O)cc3C2(C)C)C(C)(C)c2cc(S(=O)(=O)O)ccc21. The molecule has 4 heterocycles. The van der Waals surface area contributed by atoms with Crippen LogP contribution in [0.1, 0.15) is 115 Å². The molecule has 1 saturated heterocycles. The number of unbranched alkanes of at least 4 members (excludes halogenated alkanes) is 3.